The van der Waals surface area contributed by atoms with E-state index in [2.05, 4.69) is 0 Å². The molecule has 2 aromatic carbocycles. The maximum Gasteiger partial charge on any atom is 0.260 e. The van der Waals surface area contributed by atoms with E-state index < -0.39 is 0 Å². The molecule has 5 nitrogen and oxygen atoms in total. The molecule has 1 amide bonds. The Balaban J connectivity index is 1.90. The zero-order chi connectivity index (χ0) is 15.9. The van der Waals surface area contributed by atoms with Gasteiger partial charge in [-0.15, -0.1) is 0 Å². The predicted molar refractivity (Wildman–Crippen MR) is 85.8 cm³/mol. The summed E-state index contributed by atoms with van der Waals surface area (Å²) in [6.07, 6.45) is 0. The van der Waals surface area contributed by atoms with Crippen molar-refractivity contribution in [2.24, 2.45) is 0 Å². The molecule has 0 aliphatic rings. The summed E-state index contributed by atoms with van der Waals surface area (Å²) < 4.78 is 10.7. The second-order valence-corrected chi connectivity index (χ2v) is 4.92. The molecule has 0 bridgehead atoms. The Hall–Kier alpha value is -2.69. The summed E-state index contributed by atoms with van der Waals surface area (Å²) in [7, 11) is 3.35. The van der Waals surface area contributed by atoms with Gasteiger partial charge in [-0.1, -0.05) is 18.2 Å². The van der Waals surface area contributed by atoms with Crippen LogP contribution in [-0.2, 0) is 11.3 Å². The molecule has 0 saturated heterocycles. The third-order valence-corrected chi connectivity index (χ3v) is 3.27. The van der Waals surface area contributed by atoms with Crippen molar-refractivity contribution in [2.75, 3.05) is 26.5 Å². The average Bonchev–Trinajstić information content (AvgIpc) is 2.54. The van der Waals surface area contributed by atoms with Gasteiger partial charge < -0.3 is 20.1 Å². The van der Waals surface area contributed by atoms with E-state index >= 15 is 0 Å². The number of carbonyl (C=O) groups is 1. The predicted octanol–water partition coefficient (Wildman–Crippen LogP) is 2.31. The third-order valence-electron chi connectivity index (χ3n) is 3.27. The zero-order valence-electron chi connectivity index (χ0n) is 12.8. The fraction of sp³-hybridized carbons (Fsp3) is 0.235. The molecule has 5 heteroatoms. The van der Waals surface area contributed by atoms with Crippen molar-refractivity contribution >= 4 is 11.6 Å². The maximum atomic E-state index is 12.1. The van der Waals surface area contributed by atoms with Gasteiger partial charge in [0.2, 0.25) is 0 Å². The number of nitrogen functional groups attached to an aromatic ring is 1. The Morgan fingerprint density at radius 1 is 1.14 bits per heavy atom. The first-order valence-electron chi connectivity index (χ1n) is 6.94. The Morgan fingerprint density at radius 3 is 2.50 bits per heavy atom. The topological polar surface area (TPSA) is 64.8 Å². The molecule has 22 heavy (non-hydrogen) atoms. The number of ether oxygens (including phenoxy) is 2. The van der Waals surface area contributed by atoms with Gasteiger partial charge in [0.15, 0.2) is 6.61 Å². The molecule has 0 aliphatic heterocycles. The van der Waals surface area contributed by atoms with E-state index in [-0.39, 0.29) is 12.5 Å². The lowest BCUT2D eigenvalue weighted by Crippen LogP contribution is -2.31. The lowest BCUT2D eigenvalue weighted by Gasteiger charge is -2.19. The molecule has 2 aromatic rings. The van der Waals surface area contributed by atoms with Crippen LogP contribution in [0.25, 0.3) is 0 Å². The van der Waals surface area contributed by atoms with Gasteiger partial charge in [-0.2, -0.15) is 0 Å². The smallest absolute Gasteiger partial charge is 0.260 e. The van der Waals surface area contributed by atoms with Crippen molar-refractivity contribution in [1.29, 1.82) is 0 Å². The summed E-state index contributed by atoms with van der Waals surface area (Å²) in [5.74, 6) is 1.28. The van der Waals surface area contributed by atoms with Crippen molar-refractivity contribution in [3.05, 3.63) is 54.1 Å². The summed E-state index contributed by atoms with van der Waals surface area (Å²) in [5, 5.41) is 0. The average molecular weight is 300 g/mol. The molecule has 0 saturated carbocycles. The number of nitrogens with zero attached hydrogens (tertiary/aromatic N) is 1. The standard InChI is InChI=1S/C17H20N2O3/c1-19(11-13-5-3-4-6-16(13)21-2)17(20)12-22-15-9-7-14(18)8-10-15/h3-10H,11-12,18H2,1-2H3. The van der Waals surface area contributed by atoms with E-state index in [1.165, 1.54) is 0 Å². The van der Waals surface area contributed by atoms with Gasteiger partial charge in [0.25, 0.3) is 5.91 Å². The van der Waals surface area contributed by atoms with Crippen LogP contribution in [0.4, 0.5) is 5.69 Å². The molecule has 116 valence electrons. The number of benzene rings is 2. The molecule has 0 heterocycles. The minimum atomic E-state index is -0.109. The second-order valence-electron chi connectivity index (χ2n) is 4.92. The van der Waals surface area contributed by atoms with E-state index in [1.807, 2.05) is 24.3 Å². The van der Waals surface area contributed by atoms with Crippen molar-refractivity contribution in [3.8, 4) is 11.5 Å². The van der Waals surface area contributed by atoms with Crippen LogP contribution in [0, 0.1) is 0 Å². The fourth-order valence-corrected chi connectivity index (χ4v) is 2.00. The largest absolute Gasteiger partial charge is 0.496 e. The molecule has 0 unspecified atom stereocenters. The Bertz CT molecular complexity index is 626. The molecular weight excluding hydrogens is 280 g/mol. The Labute approximate surface area is 130 Å². The van der Waals surface area contributed by atoms with Crippen LogP contribution in [-0.4, -0.2) is 31.6 Å². The molecule has 2 rings (SSSR count). The van der Waals surface area contributed by atoms with Gasteiger partial charge in [0, 0.05) is 24.8 Å². The Kier molecular flexibility index (Phi) is 5.25. The number of rotatable bonds is 6. The summed E-state index contributed by atoms with van der Waals surface area (Å²) >= 11 is 0. The minimum absolute atomic E-state index is 0.0183. The number of carbonyl (C=O) groups excluding carboxylic acids is 1. The number of hydrogen-bond acceptors (Lipinski definition) is 4. The van der Waals surface area contributed by atoms with Crippen molar-refractivity contribution in [2.45, 2.75) is 6.54 Å². The van der Waals surface area contributed by atoms with Gasteiger partial charge in [0.1, 0.15) is 11.5 Å². The van der Waals surface area contributed by atoms with E-state index in [9.17, 15) is 4.79 Å². The van der Waals surface area contributed by atoms with Crippen molar-refractivity contribution < 1.29 is 14.3 Å². The molecule has 0 spiro atoms. The normalized spacial score (nSPS) is 10.1. The highest BCUT2D eigenvalue weighted by atomic mass is 16.5. The second kappa shape index (κ2) is 7.36. The molecule has 2 N–H and O–H groups in total. The van der Waals surface area contributed by atoms with Crippen molar-refractivity contribution in [1.82, 2.24) is 4.90 Å². The molecule has 0 fully saturated rings. The Morgan fingerprint density at radius 2 is 1.82 bits per heavy atom. The number of methoxy groups -OCH3 is 1. The maximum absolute atomic E-state index is 12.1. The summed E-state index contributed by atoms with van der Waals surface area (Å²) in [6, 6.07) is 14.6. The highest BCUT2D eigenvalue weighted by Gasteiger charge is 2.12. The molecule has 0 radical (unpaired) electrons. The summed E-state index contributed by atoms with van der Waals surface area (Å²) in [4.78, 5) is 13.7. The number of likely N-dealkylation sites (N-methyl/N-ethyl adjacent to an activating group) is 1. The fourth-order valence-electron chi connectivity index (χ4n) is 2.00. The minimum Gasteiger partial charge on any atom is -0.496 e. The number of hydrogen-bond donors (Lipinski definition) is 1. The lowest BCUT2D eigenvalue weighted by molar-refractivity contribution is -0.132. The van der Waals surface area contributed by atoms with Crippen LogP contribution in [0.3, 0.4) is 0 Å². The summed E-state index contributed by atoms with van der Waals surface area (Å²) in [6.45, 7) is 0.448. The van der Waals surface area contributed by atoms with Crippen LogP contribution in [0.1, 0.15) is 5.56 Å². The lowest BCUT2D eigenvalue weighted by atomic mass is 10.2. The van der Waals surface area contributed by atoms with E-state index in [1.54, 1.807) is 43.3 Å². The highest BCUT2D eigenvalue weighted by molar-refractivity contribution is 5.77. The first-order chi connectivity index (χ1) is 10.6. The first kappa shape index (κ1) is 15.7. The van der Waals surface area contributed by atoms with Crippen LogP contribution >= 0.6 is 0 Å². The summed E-state index contributed by atoms with van der Waals surface area (Å²) in [5.41, 5.74) is 7.21. The van der Waals surface area contributed by atoms with Gasteiger partial charge in [-0.25, -0.2) is 0 Å². The van der Waals surface area contributed by atoms with Gasteiger partial charge in [-0.05, 0) is 30.3 Å². The van der Waals surface area contributed by atoms with Gasteiger partial charge >= 0.3 is 0 Å². The third kappa shape index (κ3) is 4.15. The number of nitrogens with two attached hydrogens (primary N) is 1. The van der Waals surface area contributed by atoms with E-state index in [0.717, 1.165) is 11.3 Å². The molecule has 0 aliphatic carbocycles. The number of anilines is 1. The molecular formula is C17H20N2O3. The first-order valence-corrected chi connectivity index (χ1v) is 6.94. The van der Waals surface area contributed by atoms with Crippen LogP contribution < -0.4 is 15.2 Å². The van der Waals surface area contributed by atoms with E-state index in [4.69, 9.17) is 15.2 Å². The van der Waals surface area contributed by atoms with Crippen molar-refractivity contribution in [3.63, 3.8) is 0 Å². The highest BCUT2D eigenvalue weighted by Crippen LogP contribution is 2.19. The zero-order valence-corrected chi connectivity index (χ0v) is 12.8. The SMILES string of the molecule is COc1ccccc1CN(C)C(=O)COc1ccc(N)cc1. The van der Waals surface area contributed by atoms with Crippen LogP contribution in [0.15, 0.2) is 48.5 Å². The van der Waals surface area contributed by atoms with Gasteiger partial charge in [-0.3, -0.25) is 4.79 Å². The van der Waals surface area contributed by atoms with Gasteiger partial charge in [0.05, 0.1) is 7.11 Å². The van der Waals surface area contributed by atoms with Crippen LogP contribution in [0.5, 0.6) is 11.5 Å². The monoisotopic (exact) mass is 300 g/mol. The number of para-hydroxylation sites is 1. The molecule has 0 atom stereocenters. The van der Waals surface area contributed by atoms with E-state index in [0.29, 0.717) is 18.0 Å². The van der Waals surface area contributed by atoms with Crippen LogP contribution in [0.2, 0.25) is 0 Å². The number of amides is 1. The molecule has 0 aromatic heterocycles. The quantitative estimate of drug-likeness (QED) is 0.832.